The van der Waals surface area contributed by atoms with Gasteiger partial charge in [0.1, 0.15) is 0 Å². The maximum absolute atomic E-state index is 12.2. The highest BCUT2D eigenvalue weighted by atomic mass is 79.9. The first-order valence-electron chi connectivity index (χ1n) is 6.16. The van der Waals surface area contributed by atoms with Crippen LogP contribution < -0.4 is 5.32 Å². The van der Waals surface area contributed by atoms with Crippen LogP contribution in [0.4, 0.5) is 0 Å². The number of carbonyl (C=O) groups is 2. The van der Waals surface area contributed by atoms with Crippen LogP contribution in [0, 0.1) is 6.92 Å². The topological polar surface area (TPSA) is 84.2 Å². The van der Waals surface area contributed by atoms with Gasteiger partial charge in [-0.3, -0.25) is 9.48 Å². The fraction of sp³-hybridized carbons (Fsp3) is 0.214. The minimum Gasteiger partial charge on any atom is -0.479 e. The molecule has 1 amide bonds. The summed E-state index contributed by atoms with van der Waals surface area (Å²) in [7, 11) is 1.68. The number of carboxylic acid groups (broad SMARTS) is 1. The summed E-state index contributed by atoms with van der Waals surface area (Å²) in [5.74, 6) is -1.58. The van der Waals surface area contributed by atoms with E-state index in [1.165, 1.54) is 10.9 Å². The first kappa shape index (κ1) is 15.2. The van der Waals surface area contributed by atoms with E-state index in [-0.39, 0.29) is 0 Å². The normalized spacial score (nSPS) is 12.0. The zero-order chi connectivity index (χ0) is 15.6. The van der Waals surface area contributed by atoms with E-state index < -0.39 is 17.9 Å². The number of benzene rings is 1. The fourth-order valence-electron chi connectivity index (χ4n) is 1.96. The molecule has 1 atom stereocenters. The van der Waals surface area contributed by atoms with Gasteiger partial charge in [-0.05, 0) is 30.7 Å². The van der Waals surface area contributed by atoms with Crippen LogP contribution in [0.5, 0.6) is 0 Å². The van der Waals surface area contributed by atoms with Crippen molar-refractivity contribution in [3.8, 4) is 0 Å². The van der Waals surface area contributed by atoms with Crippen molar-refractivity contribution in [1.29, 1.82) is 0 Å². The van der Waals surface area contributed by atoms with Gasteiger partial charge in [-0.2, -0.15) is 5.10 Å². The molecule has 2 aromatic rings. The second kappa shape index (κ2) is 6.09. The second-order valence-corrected chi connectivity index (χ2v) is 5.62. The molecule has 0 spiro atoms. The van der Waals surface area contributed by atoms with Gasteiger partial charge in [0, 0.05) is 28.8 Å². The van der Waals surface area contributed by atoms with Gasteiger partial charge < -0.3 is 10.4 Å². The molecule has 1 unspecified atom stereocenters. The van der Waals surface area contributed by atoms with Crippen LogP contribution in [-0.2, 0) is 11.8 Å². The van der Waals surface area contributed by atoms with Crippen LogP contribution >= 0.6 is 15.9 Å². The van der Waals surface area contributed by atoms with Crippen LogP contribution in [-0.4, -0.2) is 26.8 Å². The molecule has 21 heavy (non-hydrogen) atoms. The van der Waals surface area contributed by atoms with Crippen molar-refractivity contribution in [2.24, 2.45) is 7.05 Å². The molecule has 0 bridgehead atoms. The van der Waals surface area contributed by atoms with E-state index in [0.29, 0.717) is 11.1 Å². The molecule has 0 saturated heterocycles. The number of aryl methyl sites for hydroxylation is 2. The number of carbonyl (C=O) groups excluding carboxylic acids is 1. The van der Waals surface area contributed by atoms with Crippen molar-refractivity contribution in [3.05, 3.63) is 51.8 Å². The van der Waals surface area contributed by atoms with Gasteiger partial charge in [0.2, 0.25) is 0 Å². The first-order valence-corrected chi connectivity index (χ1v) is 6.95. The van der Waals surface area contributed by atoms with Gasteiger partial charge >= 0.3 is 5.97 Å². The molecule has 0 radical (unpaired) electrons. The Morgan fingerprint density at radius 2 is 2.10 bits per heavy atom. The molecule has 7 heteroatoms. The summed E-state index contributed by atoms with van der Waals surface area (Å²) in [4.78, 5) is 23.6. The highest BCUT2D eigenvalue weighted by Gasteiger charge is 2.24. The van der Waals surface area contributed by atoms with E-state index in [0.717, 1.165) is 10.0 Å². The maximum atomic E-state index is 12.2. The van der Waals surface area contributed by atoms with E-state index in [1.807, 2.05) is 13.0 Å². The summed E-state index contributed by atoms with van der Waals surface area (Å²) in [6, 6.07) is 4.07. The number of aliphatic carboxylic acids is 1. The average Bonchev–Trinajstić information content (AvgIpc) is 2.80. The number of rotatable bonds is 4. The lowest BCUT2D eigenvalue weighted by molar-refractivity contribution is -0.139. The van der Waals surface area contributed by atoms with Gasteiger partial charge in [0.15, 0.2) is 6.04 Å². The van der Waals surface area contributed by atoms with Crippen molar-refractivity contribution < 1.29 is 14.7 Å². The molecule has 2 rings (SSSR count). The summed E-state index contributed by atoms with van der Waals surface area (Å²) in [6.07, 6.45) is 2.98. The molecule has 0 aliphatic rings. The Bertz CT molecular complexity index is 676. The van der Waals surface area contributed by atoms with Gasteiger partial charge in [-0.1, -0.05) is 15.9 Å². The molecule has 0 aliphatic carbocycles. The number of hydrogen-bond acceptors (Lipinski definition) is 3. The molecule has 2 N–H and O–H groups in total. The monoisotopic (exact) mass is 351 g/mol. The molecule has 1 aromatic heterocycles. The highest BCUT2D eigenvalue weighted by molar-refractivity contribution is 9.10. The summed E-state index contributed by atoms with van der Waals surface area (Å²) in [5.41, 5.74) is 1.73. The van der Waals surface area contributed by atoms with Crippen LogP contribution in [0.15, 0.2) is 35.1 Å². The third-order valence-corrected chi connectivity index (χ3v) is 3.34. The Morgan fingerprint density at radius 3 is 2.62 bits per heavy atom. The second-order valence-electron chi connectivity index (χ2n) is 4.71. The van der Waals surface area contributed by atoms with E-state index in [9.17, 15) is 14.7 Å². The molecule has 1 aromatic carbocycles. The Morgan fingerprint density at radius 1 is 1.38 bits per heavy atom. The van der Waals surface area contributed by atoms with E-state index in [4.69, 9.17) is 0 Å². The Balaban J connectivity index is 2.24. The lowest BCUT2D eigenvalue weighted by Crippen LogP contribution is -2.33. The highest BCUT2D eigenvalue weighted by Crippen LogP contribution is 2.17. The molecule has 0 saturated carbocycles. The zero-order valence-corrected chi connectivity index (χ0v) is 13.1. The molecule has 1 heterocycles. The third-order valence-electron chi connectivity index (χ3n) is 2.88. The molecule has 0 aliphatic heterocycles. The average molecular weight is 352 g/mol. The predicted molar refractivity (Wildman–Crippen MR) is 79.9 cm³/mol. The minimum atomic E-state index is -1.14. The smallest absolute Gasteiger partial charge is 0.331 e. The summed E-state index contributed by atoms with van der Waals surface area (Å²) < 4.78 is 2.25. The van der Waals surface area contributed by atoms with E-state index >= 15 is 0 Å². The lowest BCUT2D eigenvalue weighted by Gasteiger charge is -2.13. The predicted octanol–water partition coefficient (Wildman–Crippen LogP) is 2.05. The third kappa shape index (κ3) is 3.69. The number of nitrogens with one attached hydrogen (secondary N) is 1. The number of hydrogen-bond donors (Lipinski definition) is 2. The largest absolute Gasteiger partial charge is 0.479 e. The molecular weight excluding hydrogens is 338 g/mol. The van der Waals surface area contributed by atoms with Crippen LogP contribution in [0.3, 0.4) is 0 Å². The van der Waals surface area contributed by atoms with Crippen molar-refractivity contribution >= 4 is 27.8 Å². The molecule has 110 valence electrons. The summed E-state index contributed by atoms with van der Waals surface area (Å²) >= 11 is 3.32. The van der Waals surface area contributed by atoms with E-state index in [2.05, 4.69) is 26.3 Å². The molecular formula is C14H14BrN3O3. The van der Waals surface area contributed by atoms with Crippen molar-refractivity contribution in [1.82, 2.24) is 15.1 Å². The summed E-state index contributed by atoms with van der Waals surface area (Å²) in [6.45, 7) is 1.86. The summed E-state index contributed by atoms with van der Waals surface area (Å²) in [5, 5.41) is 15.7. The number of amides is 1. The number of nitrogens with zero attached hydrogens (tertiary/aromatic N) is 2. The fourth-order valence-corrected chi connectivity index (χ4v) is 2.57. The molecule has 0 fully saturated rings. The standard InChI is InChI=1S/C14H14BrN3O3/c1-8-3-9(5-11(15)4-8)13(19)17-12(14(20)21)10-6-16-18(2)7-10/h3-7,12H,1-2H3,(H,17,19)(H,20,21). The van der Waals surface area contributed by atoms with Gasteiger partial charge in [-0.25, -0.2) is 4.79 Å². The van der Waals surface area contributed by atoms with Gasteiger partial charge in [0.25, 0.3) is 5.91 Å². The van der Waals surface area contributed by atoms with Crippen LogP contribution in [0.1, 0.15) is 27.5 Å². The lowest BCUT2D eigenvalue weighted by atomic mass is 10.1. The Labute approximate surface area is 129 Å². The maximum Gasteiger partial charge on any atom is 0.331 e. The Kier molecular flexibility index (Phi) is 4.42. The number of carboxylic acids is 1. The van der Waals surface area contributed by atoms with Gasteiger partial charge in [0.05, 0.1) is 6.20 Å². The van der Waals surface area contributed by atoms with E-state index in [1.54, 1.807) is 25.4 Å². The van der Waals surface area contributed by atoms with Crippen LogP contribution in [0.25, 0.3) is 0 Å². The van der Waals surface area contributed by atoms with Crippen molar-refractivity contribution in [3.63, 3.8) is 0 Å². The quantitative estimate of drug-likeness (QED) is 0.882. The zero-order valence-electron chi connectivity index (χ0n) is 11.5. The van der Waals surface area contributed by atoms with Crippen molar-refractivity contribution in [2.75, 3.05) is 0 Å². The van der Waals surface area contributed by atoms with Gasteiger partial charge in [-0.15, -0.1) is 0 Å². The SMILES string of the molecule is Cc1cc(Br)cc(C(=O)NC(C(=O)O)c2cnn(C)c2)c1. The minimum absolute atomic E-state index is 0.400. The van der Waals surface area contributed by atoms with Crippen LogP contribution in [0.2, 0.25) is 0 Å². The number of aromatic nitrogens is 2. The number of halogens is 1. The van der Waals surface area contributed by atoms with Crippen molar-refractivity contribution in [2.45, 2.75) is 13.0 Å². The molecule has 6 nitrogen and oxygen atoms in total. The first-order chi connectivity index (χ1) is 9.86. The Hall–Kier alpha value is -2.15.